The zero-order valence-electron chi connectivity index (χ0n) is 20.0. The third-order valence-electron chi connectivity index (χ3n) is 7.74. The molecule has 3 aromatic rings. The van der Waals surface area contributed by atoms with Crippen molar-refractivity contribution >= 4 is 22.4 Å². The zero-order valence-corrected chi connectivity index (χ0v) is 20.0. The number of aromatic nitrogens is 1. The summed E-state index contributed by atoms with van der Waals surface area (Å²) in [6, 6.07) is 18.9. The number of fused-ring (bicyclic) bond motifs is 2. The molecule has 178 valence electrons. The summed E-state index contributed by atoms with van der Waals surface area (Å²) in [5, 5.41) is 14.5. The number of hydrogen-bond acceptors (Lipinski definition) is 6. The molecule has 1 aromatic heterocycles. The summed E-state index contributed by atoms with van der Waals surface area (Å²) in [5.41, 5.74) is 13.7. The van der Waals surface area contributed by atoms with Gasteiger partial charge in [-0.3, -0.25) is 0 Å². The quantitative estimate of drug-likeness (QED) is 0.518. The first kappa shape index (κ1) is 21.9. The minimum Gasteiger partial charge on any atom is -0.396 e. The molecular weight excluding hydrogens is 434 g/mol. The Bertz CT molecular complexity index is 1350. The lowest BCUT2D eigenvalue weighted by molar-refractivity contribution is 0.129. The number of aliphatic hydroxyl groups is 1. The SMILES string of the molecule is Cc1cc(-c2ccccc2)nc2cc(C3=C4C(N)=NC=CN4C(C4CCC(CO)CC4)N3)ccc12. The number of benzene rings is 2. The van der Waals surface area contributed by atoms with Crippen LogP contribution in [0, 0.1) is 18.8 Å². The van der Waals surface area contributed by atoms with Crippen molar-refractivity contribution in [3.63, 3.8) is 0 Å². The van der Waals surface area contributed by atoms with Gasteiger partial charge in [0.15, 0.2) is 0 Å². The van der Waals surface area contributed by atoms with Crippen molar-refractivity contribution in [1.82, 2.24) is 15.2 Å². The van der Waals surface area contributed by atoms with Gasteiger partial charge in [-0.25, -0.2) is 9.98 Å². The number of aliphatic imine (C=N–C) groups is 1. The van der Waals surface area contributed by atoms with Gasteiger partial charge in [0, 0.05) is 35.5 Å². The highest BCUT2D eigenvalue weighted by Gasteiger charge is 2.39. The first-order valence-corrected chi connectivity index (χ1v) is 12.5. The van der Waals surface area contributed by atoms with Crippen molar-refractivity contribution in [2.24, 2.45) is 22.6 Å². The number of nitrogens with one attached hydrogen (secondary N) is 1. The fourth-order valence-corrected chi connectivity index (χ4v) is 5.79. The monoisotopic (exact) mass is 465 g/mol. The van der Waals surface area contributed by atoms with Crippen LogP contribution < -0.4 is 11.1 Å². The molecule has 0 spiro atoms. The van der Waals surface area contributed by atoms with Crippen LogP contribution in [0.15, 0.2) is 77.7 Å². The Hall–Kier alpha value is -3.64. The Morgan fingerprint density at radius 1 is 1.03 bits per heavy atom. The third kappa shape index (κ3) is 3.88. The maximum Gasteiger partial charge on any atom is 0.149 e. The lowest BCUT2D eigenvalue weighted by Crippen LogP contribution is -2.44. The van der Waals surface area contributed by atoms with Crippen LogP contribution in [0.1, 0.15) is 36.8 Å². The predicted octanol–water partition coefficient (Wildman–Crippen LogP) is 4.75. The number of aliphatic hydroxyl groups excluding tert-OH is 1. The Morgan fingerprint density at radius 2 is 1.83 bits per heavy atom. The van der Waals surface area contributed by atoms with Crippen LogP contribution in [-0.4, -0.2) is 33.6 Å². The Labute approximate surface area is 205 Å². The van der Waals surface area contributed by atoms with Crippen molar-refractivity contribution in [3.8, 4) is 11.3 Å². The van der Waals surface area contributed by atoms with Crippen LogP contribution in [0.2, 0.25) is 0 Å². The van der Waals surface area contributed by atoms with E-state index < -0.39 is 0 Å². The van der Waals surface area contributed by atoms with Crippen molar-refractivity contribution in [3.05, 3.63) is 83.8 Å². The molecule has 4 N–H and O–H groups in total. The van der Waals surface area contributed by atoms with E-state index in [1.165, 1.54) is 5.56 Å². The van der Waals surface area contributed by atoms with Gasteiger partial charge < -0.3 is 21.1 Å². The number of hydrogen-bond donors (Lipinski definition) is 3. The van der Waals surface area contributed by atoms with Crippen molar-refractivity contribution in [1.29, 1.82) is 0 Å². The maximum atomic E-state index is 9.57. The molecule has 35 heavy (non-hydrogen) atoms. The average molecular weight is 466 g/mol. The van der Waals surface area contributed by atoms with E-state index in [4.69, 9.17) is 10.7 Å². The van der Waals surface area contributed by atoms with Crippen molar-refractivity contribution < 1.29 is 5.11 Å². The smallest absolute Gasteiger partial charge is 0.149 e. The Kier molecular flexibility index (Phi) is 5.53. The summed E-state index contributed by atoms with van der Waals surface area (Å²) in [4.78, 5) is 11.7. The molecule has 0 amide bonds. The molecule has 3 heterocycles. The molecule has 1 fully saturated rings. The molecule has 6 rings (SSSR count). The molecule has 2 aromatic carbocycles. The molecule has 0 saturated heterocycles. The largest absolute Gasteiger partial charge is 0.396 e. The standard InChI is InChI=1S/C29H31N5O/c1-18-15-24(20-5-3-2-4-6-20)32-25-16-22(11-12-23(18)25)26-27-28(30)31-13-14-34(27)29(33-26)21-9-7-19(17-35)8-10-21/h2-6,11-16,19,21,29,33,35H,7-10,17H2,1H3,(H2,30,31). The highest BCUT2D eigenvalue weighted by molar-refractivity contribution is 6.05. The number of rotatable bonds is 4. The molecule has 3 aliphatic rings. The summed E-state index contributed by atoms with van der Waals surface area (Å²) in [5.74, 6) is 1.44. The van der Waals surface area contributed by atoms with E-state index in [0.29, 0.717) is 17.7 Å². The highest BCUT2D eigenvalue weighted by Crippen LogP contribution is 2.39. The van der Waals surface area contributed by atoms with E-state index in [1.807, 2.05) is 24.4 Å². The van der Waals surface area contributed by atoms with Crippen LogP contribution >= 0.6 is 0 Å². The first-order valence-electron chi connectivity index (χ1n) is 12.5. The normalized spacial score (nSPS) is 23.9. The second-order valence-electron chi connectivity index (χ2n) is 9.92. The van der Waals surface area contributed by atoms with Crippen molar-refractivity contribution in [2.45, 2.75) is 38.8 Å². The van der Waals surface area contributed by atoms with Gasteiger partial charge in [-0.1, -0.05) is 42.5 Å². The molecule has 1 aliphatic carbocycles. The second kappa shape index (κ2) is 8.86. The van der Waals surface area contributed by atoms with Crippen LogP contribution in [0.25, 0.3) is 27.9 Å². The molecule has 1 unspecified atom stereocenters. The molecule has 2 aliphatic heterocycles. The van der Waals surface area contributed by atoms with E-state index in [0.717, 1.165) is 64.8 Å². The average Bonchev–Trinajstić information content (AvgIpc) is 3.30. The van der Waals surface area contributed by atoms with Gasteiger partial charge in [-0.15, -0.1) is 0 Å². The van der Waals surface area contributed by atoms with E-state index in [2.05, 4.69) is 58.5 Å². The van der Waals surface area contributed by atoms with Crippen molar-refractivity contribution in [2.75, 3.05) is 6.61 Å². The number of aryl methyl sites for hydroxylation is 1. The minimum atomic E-state index is 0.131. The number of nitrogens with zero attached hydrogens (tertiary/aromatic N) is 3. The summed E-state index contributed by atoms with van der Waals surface area (Å²) < 4.78 is 0. The van der Waals surface area contributed by atoms with Crippen LogP contribution in [0.3, 0.4) is 0 Å². The van der Waals surface area contributed by atoms with E-state index in [1.54, 1.807) is 6.20 Å². The molecule has 6 heteroatoms. The van der Waals surface area contributed by atoms with Gasteiger partial charge in [0.2, 0.25) is 0 Å². The third-order valence-corrected chi connectivity index (χ3v) is 7.74. The van der Waals surface area contributed by atoms with Gasteiger partial charge in [0.25, 0.3) is 0 Å². The minimum absolute atomic E-state index is 0.131. The van der Waals surface area contributed by atoms with Gasteiger partial charge in [0.05, 0.1) is 16.9 Å². The van der Waals surface area contributed by atoms with Crippen LogP contribution in [0.5, 0.6) is 0 Å². The molecule has 0 radical (unpaired) electrons. The number of pyridine rings is 1. The van der Waals surface area contributed by atoms with Gasteiger partial charge >= 0.3 is 0 Å². The highest BCUT2D eigenvalue weighted by atomic mass is 16.3. The Morgan fingerprint density at radius 3 is 2.60 bits per heavy atom. The lowest BCUT2D eigenvalue weighted by Gasteiger charge is -2.36. The summed E-state index contributed by atoms with van der Waals surface area (Å²) in [6.45, 7) is 2.43. The number of nitrogens with two attached hydrogens (primary N) is 1. The molecule has 6 nitrogen and oxygen atoms in total. The summed E-state index contributed by atoms with van der Waals surface area (Å²) in [6.07, 6.45) is 8.25. The van der Waals surface area contributed by atoms with Crippen LogP contribution in [0.4, 0.5) is 0 Å². The fourth-order valence-electron chi connectivity index (χ4n) is 5.79. The maximum absolute atomic E-state index is 9.57. The number of amidine groups is 1. The second-order valence-corrected chi connectivity index (χ2v) is 9.92. The van der Waals surface area contributed by atoms with E-state index in [-0.39, 0.29) is 12.8 Å². The molecular formula is C29H31N5O. The topological polar surface area (TPSA) is 86.8 Å². The predicted molar refractivity (Wildman–Crippen MR) is 141 cm³/mol. The van der Waals surface area contributed by atoms with Crippen LogP contribution in [-0.2, 0) is 0 Å². The van der Waals surface area contributed by atoms with Gasteiger partial charge in [0.1, 0.15) is 17.7 Å². The van der Waals surface area contributed by atoms with E-state index in [9.17, 15) is 5.11 Å². The lowest BCUT2D eigenvalue weighted by atomic mass is 9.80. The first-order chi connectivity index (χ1) is 17.1. The van der Waals surface area contributed by atoms with Gasteiger partial charge in [-0.2, -0.15) is 0 Å². The summed E-state index contributed by atoms with van der Waals surface area (Å²) in [7, 11) is 0. The Balaban J connectivity index is 1.39. The molecule has 1 saturated carbocycles. The zero-order chi connectivity index (χ0) is 23.9. The van der Waals surface area contributed by atoms with Gasteiger partial charge in [-0.05, 0) is 62.1 Å². The van der Waals surface area contributed by atoms with E-state index >= 15 is 0 Å². The molecule has 0 bridgehead atoms. The molecule has 1 atom stereocenters. The fraction of sp³-hybridized carbons (Fsp3) is 0.310. The summed E-state index contributed by atoms with van der Waals surface area (Å²) >= 11 is 0.